The zero-order chi connectivity index (χ0) is 14.5. The normalized spacial score (nSPS) is 10.7. The van der Waals surface area contributed by atoms with Crippen LogP contribution in [-0.2, 0) is 14.3 Å². The number of benzene rings is 1. The van der Waals surface area contributed by atoms with E-state index in [9.17, 15) is 9.59 Å². The monoisotopic (exact) mass is 265 g/mol. The first-order valence-electron chi connectivity index (χ1n) is 6.05. The second-order valence-electron chi connectivity index (χ2n) is 4.50. The summed E-state index contributed by atoms with van der Waals surface area (Å²) in [6.45, 7) is 5.37. The van der Waals surface area contributed by atoms with E-state index in [1.165, 1.54) is 21.0 Å². The van der Waals surface area contributed by atoms with Crippen LogP contribution in [-0.4, -0.2) is 25.6 Å². The summed E-state index contributed by atoms with van der Waals surface area (Å²) >= 11 is 0. The molecule has 1 aromatic rings. The average Bonchev–Trinajstić information content (AvgIpc) is 2.40. The van der Waals surface area contributed by atoms with Gasteiger partial charge in [0.05, 0.1) is 19.4 Å². The van der Waals surface area contributed by atoms with E-state index in [4.69, 9.17) is 4.74 Å². The van der Waals surface area contributed by atoms with Gasteiger partial charge >= 0.3 is 5.97 Å². The maximum absolute atomic E-state index is 12.1. The van der Waals surface area contributed by atoms with Crippen LogP contribution in [0.25, 0.3) is 0 Å². The molecule has 0 aliphatic carbocycles. The predicted octanol–water partition coefficient (Wildman–Crippen LogP) is 2.22. The number of esters is 1. The van der Waals surface area contributed by atoms with Gasteiger partial charge in [-0.25, -0.2) is 0 Å². The molecule has 0 aliphatic rings. The van der Waals surface area contributed by atoms with Crippen LogP contribution < -0.4 is 10.1 Å². The number of carbonyl (C=O) groups excluding carboxylic acids is 2. The maximum atomic E-state index is 12.1. The highest BCUT2D eigenvalue weighted by Gasteiger charge is 2.37. The predicted molar refractivity (Wildman–Crippen MR) is 72.0 cm³/mol. The molecule has 104 valence electrons. The summed E-state index contributed by atoms with van der Waals surface area (Å²) in [4.78, 5) is 23.7. The zero-order valence-corrected chi connectivity index (χ0v) is 11.6. The van der Waals surface area contributed by atoms with Gasteiger partial charge in [-0.15, -0.1) is 0 Å². The van der Waals surface area contributed by atoms with Gasteiger partial charge < -0.3 is 14.8 Å². The minimum atomic E-state index is -1.26. The fourth-order valence-corrected chi connectivity index (χ4v) is 1.48. The van der Waals surface area contributed by atoms with Crippen LogP contribution in [0.1, 0.15) is 20.8 Å². The number of anilines is 1. The molecule has 0 aromatic heterocycles. The topological polar surface area (TPSA) is 64.6 Å². The molecule has 0 saturated heterocycles. The fourth-order valence-electron chi connectivity index (χ4n) is 1.48. The lowest BCUT2D eigenvalue weighted by molar-refractivity contribution is -0.154. The molecule has 1 N–H and O–H groups in total. The Morgan fingerprint density at radius 1 is 1.26 bits per heavy atom. The number of hydrogen-bond donors (Lipinski definition) is 1. The number of rotatable bonds is 5. The van der Waals surface area contributed by atoms with Gasteiger partial charge in [-0.05, 0) is 32.9 Å². The van der Waals surface area contributed by atoms with Crippen LogP contribution in [0.3, 0.4) is 0 Å². The summed E-state index contributed by atoms with van der Waals surface area (Å²) in [5, 5.41) is 2.69. The lowest BCUT2D eigenvalue weighted by Gasteiger charge is -2.21. The van der Waals surface area contributed by atoms with Crippen LogP contribution in [0.4, 0.5) is 5.69 Å². The van der Waals surface area contributed by atoms with Crippen molar-refractivity contribution in [2.75, 3.05) is 19.0 Å². The number of hydrogen-bond acceptors (Lipinski definition) is 4. The van der Waals surface area contributed by atoms with Gasteiger partial charge in [0.25, 0.3) is 0 Å². The third-order valence-electron chi connectivity index (χ3n) is 2.70. The van der Waals surface area contributed by atoms with Gasteiger partial charge in [0, 0.05) is 0 Å². The number of ether oxygens (including phenoxy) is 2. The fraction of sp³-hybridized carbons (Fsp3) is 0.429. The summed E-state index contributed by atoms with van der Waals surface area (Å²) in [6.07, 6.45) is 0. The molecule has 0 unspecified atom stereocenters. The van der Waals surface area contributed by atoms with Crippen molar-refractivity contribution in [1.82, 2.24) is 0 Å². The summed E-state index contributed by atoms with van der Waals surface area (Å²) in [6, 6.07) is 7.07. The minimum absolute atomic E-state index is 0.438. The molecule has 1 amide bonds. The highest BCUT2D eigenvalue weighted by molar-refractivity contribution is 6.08. The molecule has 0 aliphatic heterocycles. The Morgan fingerprint density at radius 3 is 2.47 bits per heavy atom. The van der Waals surface area contributed by atoms with E-state index in [2.05, 4.69) is 10.1 Å². The summed E-state index contributed by atoms with van der Waals surface area (Å²) in [5.41, 5.74) is -0.722. The molecule has 0 heterocycles. The van der Waals surface area contributed by atoms with Crippen LogP contribution in [0.2, 0.25) is 0 Å². The van der Waals surface area contributed by atoms with Crippen LogP contribution in [0.5, 0.6) is 5.75 Å². The van der Waals surface area contributed by atoms with E-state index < -0.39 is 17.3 Å². The van der Waals surface area contributed by atoms with Crippen LogP contribution in [0.15, 0.2) is 24.3 Å². The molecule has 0 saturated carbocycles. The van der Waals surface area contributed by atoms with Crippen molar-refractivity contribution in [3.8, 4) is 5.75 Å². The number of para-hydroxylation sites is 2. The van der Waals surface area contributed by atoms with E-state index in [1.807, 2.05) is 13.0 Å². The van der Waals surface area contributed by atoms with Gasteiger partial charge in [-0.1, -0.05) is 12.1 Å². The molecule has 0 bridgehead atoms. The van der Waals surface area contributed by atoms with Gasteiger partial charge in [0.2, 0.25) is 5.91 Å². The first-order chi connectivity index (χ1) is 8.93. The standard InChI is InChI=1S/C14H19NO4/c1-5-19-11-9-7-6-8-10(11)15-12(16)14(2,3)13(17)18-4/h6-9H,5H2,1-4H3,(H,15,16). The second kappa shape index (κ2) is 6.22. The molecule has 5 heteroatoms. The molecular formula is C14H19NO4. The van der Waals surface area contributed by atoms with E-state index in [0.29, 0.717) is 18.0 Å². The summed E-state index contributed by atoms with van der Waals surface area (Å²) in [5.74, 6) is -0.454. The van der Waals surface area contributed by atoms with Crippen molar-refractivity contribution in [1.29, 1.82) is 0 Å². The molecule has 0 radical (unpaired) electrons. The number of carbonyl (C=O) groups is 2. The third-order valence-corrected chi connectivity index (χ3v) is 2.70. The Bertz CT molecular complexity index is 468. The van der Waals surface area contributed by atoms with Gasteiger partial charge in [-0.2, -0.15) is 0 Å². The third kappa shape index (κ3) is 3.47. The van der Waals surface area contributed by atoms with Crippen molar-refractivity contribution >= 4 is 17.6 Å². The van der Waals surface area contributed by atoms with Crippen LogP contribution >= 0.6 is 0 Å². The van der Waals surface area contributed by atoms with Crippen molar-refractivity contribution < 1.29 is 19.1 Å². The highest BCUT2D eigenvalue weighted by atomic mass is 16.5. The summed E-state index contributed by atoms with van der Waals surface area (Å²) < 4.78 is 10.0. The molecule has 0 spiro atoms. The highest BCUT2D eigenvalue weighted by Crippen LogP contribution is 2.27. The van der Waals surface area contributed by atoms with Crippen molar-refractivity contribution in [3.63, 3.8) is 0 Å². The number of nitrogens with one attached hydrogen (secondary N) is 1. The number of amides is 1. The lowest BCUT2D eigenvalue weighted by atomic mass is 9.92. The average molecular weight is 265 g/mol. The van der Waals surface area contributed by atoms with Crippen molar-refractivity contribution in [3.05, 3.63) is 24.3 Å². The molecule has 1 aromatic carbocycles. The quantitative estimate of drug-likeness (QED) is 0.655. The lowest BCUT2D eigenvalue weighted by Crippen LogP contribution is -2.38. The Morgan fingerprint density at radius 2 is 1.89 bits per heavy atom. The van der Waals surface area contributed by atoms with E-state index in [-0.39, 0.29) is 0 Å². The first-order valence-corrected chi connectivity index (χ1v) is 6.05. The first kappa shape index (κ1) is 15.0. The molecule has 5 nitrogen and oxygen atoms in total. The van der Waals surface area contributed by atoms with Crippen LogP contribution in [0, 0.1) is 5.41 Å². The molecule has 19 heavy (non-hydrogen) atoms. The SMILES string of the molecule is CCOc1ccccc1NC(=O)C(C)(C)C(=O)OC. The van der Waals surface area contributed by atoms with Gasteiger partial charge in [0.15, 0.2) is 0 Å². The van der Waals surface area contributed by atoms with Crippen molar-refractivity contribution in [2.45, 2.75) is 20.8 Å². The Hall–Kier alpha value is -2.04. The van der Waals surface area contributed by atoms with Crippen molar-refractivity contribution in [2.24, 2.45) is 5.41 Å². The van der Waals surface area contributed by atoms with Gasteiger partial charge in [0.1, 0.15) is 11.2 Å². The largest absolute Gasteiger partial charge is 0.492 e. The van der Waals surface area contributed by atoms with E-state index >= 15 is 0 Å². The second-order valence-corrected chi connectivity index (χ2v) is 4.50. The smallest absolute Gasteiger partial charge is 0.320 e. The maximum Gasteiger partial charge on any atom is 0.320 e. The summed E-state index contributed by atoms with van der Waals surface area (Å²) in [7, 11) is 1.26. The van der Waals surface area contributed by atoms with Gasteiger partial charge in [-0.3, -0.25) is 9.59 Å². The molecular weight excluding hydrogens is 246 g/mol. The minimum Gasteiger partial charge on any atom is -0.492 e. The Kier molecular flexibility index (Phi) is 4.92. The Balaban J connectivity index is 2.91. The molecule has 1 rings (SSSR count). The molecule has 0 atom stereocenters. The molecule has 0 fully saturated rings. The zero-order valence-electron chi connectivity index (χ0n) is 11.6. The van der Waals surface area contributed by atoms with E-state index in [1.54, 1.807) is 18.2 Å². The number of methoxy groups -OCH3 is 1. The Labute approximate surface area is 112 Å². The van der Waals surface area contributed by atoms with E-state index in [0.717, 1.165) is 0 Å².